The molecule has 0 aromatic heterocycles. The van der Waals surface area contributed by atoms with Gasteiger partial charge in [0.1, 0.15) is 11.9 Å². The molecule has 1 aromatic carbocycles. The Hall–Kier alpha value is -1.06. The Bertz CT molecular complexity index is 349. The molecule has 3 heteroatoms. The van der Waals surface area contributed by atoms with E-state index in [1.165, 1.54) is 12.0 Å². The van der Waals surface area contributed by atoms with Crippen LogP contribution in [0.1, 0.15) is 32.8 Å². The highest BCUT2D eigenvalue weighted by Crippen LogP contribution is 2.15. The van der Waals surface area contributed by atoms with Crippen LogP contribution in [-0.4, -0.2) is 32.9 Å². The molecule has 1 atom stereocenters. The quantitative estimate of drug-likeness (QED) is 0.713. The molecule has 1 unspecified atom stereocenters. The van der Waals surface area contributed by atoms with Crippen LogP contribution in [0, 0.1) is 5.92 Å². The number of hydrogen-bond donors (Lipinski definition) is 1. The number of hydrogen-bond acceptors (Lipinski definition) is 3. The van der Waals surface area contributed by atoms with E-state index in [2.05, 4.69) is 50.4 Å². The van der Waals surface area contributed by atoms with Crippen LogP contribution >= 0.6 is 0 Å². The Morgan fingerprint density at radius 1 is 1.10 bits per heavy atom. The number of ether oxygens (including phenoxy) is 2. The SMILES string of the molecule is CCCc1ccc(OC(CNCC(C)C)COC)cc1. The third-order valence-corrected chi connectivity index (χ3v) is 3.04. The van der Waals surface area contributed by atoms with Crippen LogP contribution in [0.4, 0.5) is 0 Å². The van der Waals surface area contributed by atoms with Gasteiger partial charge in [-0.05, 0) is 36.6 Å². The first-order valence-electron chi connectivity index (χ1n) is 7.61. The molecular weight excluding hydrogens is 250 g/mol. The third kappa shape index (κ3) is 6.92. The molecule has 20 heavy (non-hydrogen) atoms. The zero-order valence-electron chi connectivity index (χ0n) is 13.3. The van der Waals surface area contributed by atoms with Crippen molar-refractivity contribution in [2.45, 2.75) is 39.7 Å². The monoisotopic (exact) mass is 279 g/mol. The number of aryl methyl sites for hydroxylation is 1. The Morgan fingerprint density at radius 2 is 1.80 bits per heavy atom. The van der Waals surface area contributed by atoms with Crippen LogP contribution in [-0.2, 0) is 11.2 Å². The van der Waals surface area contributed by atoms with Crippen LogP contribution in [0.3, 0.4) is 0 Å². The second-order valence-electron chi connectivity index (χ2n) is 5.64. The first kappa shape index (κ1) is 17.0. The average Bonchev–Trinajstić information content (AvgIpc) is 2.41. The summed E-state index contributed by atoms with van der Waals surface area (Å²) >= 11 is 0. The van der Waals surface area contributed by atoms with Gasteiger partial charge in [0.15, 0.2) is 0 Å². The molecule has 0 spiro atoms. The molecule has 1 rings (SSSR count). The van der Waals surface area contributed by atoms with Crippen molar-refractivity contribution in [3.05, 3.63) is 29.8 Å². The first-order chi connectivity index (χ1) is 9.65. The molecule has 114 valence electrons. The summed E-state index contributed by atoms with van der Waals surface area (Å²) in [6.07, 6.45) is 2.35. The lowest BCUT2D eigenvalue weighted by atomic mass is 10.1. The Morgan fingerprint density at radius 3 is 2.35 bits per heavy atom. The molecule has 3 nitrogen and oxygen atoms in total. The fourth-order valence-corrected chi connectivity index (χ4v) is 2.07. The van der Waals surface area contributed by atoms with Crippen molar-refractivity contribution in [3.63, 3.8) is 0 Å². The number of nitrogens with one attached hydrogen (secondary N) is 1. The van der Waals surface area contributed by atoms with Gasteiger partial charge in [0.25, 0.3) is 0 Å². The molecule has 0 fully saturated rings. The molecule has 0 bridgehead atoms. The summed E-state index contributed by atoms with van der Waals surface area (Å²) in [5.41, 5.74) is 1.36. The predicted molar refractivity (Wildman–Crippen MR) is 84.4 cm³/mol. The van der Waals surface area contributed by atoms with E-state index >= 15 is 0 Å². The first-order valence-corrected chi connectivity index (χ1v) is 7.61. The van der Waals surface area contributed by atoms with Crippen LogP contribution in [0.15, 0.2) is 24.3 Å². The molecule has 0 heterocycles. The highest BCUT2D eigenvalue weighted by atomic mass is 16.5. The van der Waals surface area contributed by atoms with E-state index in [1.807, 2.05) is 0 Å². The topological polar surface area (TPSA) is 30.5 Å². The average molecular weight is 279 g/mol. The summed E-state index contributed by atoms with van der Waals surface area (Å²) in [6, 6.07) is 8.39. The van der Waals surface area contributed by atoms with Gasteiger partial charge in [0.05, 0.1) is 6.61 Å². The summed E-state index contributed by atoms with van der Waals surface area (Å²) in [5, 5.41) is 3.42. The van der Waals surface area contributed by atoms with Crippen molar-refractivity contribution >= 4 is 0 Å². The number of methoxy groups -OCH3 is 1. The normalized spacial score (nSPS) is 12.7. The molecule has 0 radical (unpaired) electrons. The Kier molecular flexibility index (Phi) is 8.31. The van der Waals surface area contributed by atoms with Gasteiger partial charge in [-0.1, -0.05) is 39.3 Å². The third-order valence-electron chi connectivity index (χ3n) is 3.04. The standard InChI is InChI=1S/C17H29NO2/c1-5-6-15-7-9-16(10-8-15)20-17(13-19-4)12-18-11-14(2)3/h7-10,14,17-18H,5-6,11-13H2,1-4H3. The van der Waals surface area contributed by atoms with E-state index in [-0.39, 0.29) is 6.10 Å². The smallest absolute Gasteiger partial charge is 0.134 e. The van der Waals surface area contributed by atoms with Crippen LogP contribution < -0.4 is 10.1 Å². The van der Waals surface area contributed by atoms with E-state index in [0.717, 1.165) is 25.3 Å². The van der Waals surface area contributed by atoms with E-state index in [0.29, 0.717) is 12.5 Å². The fraction of sp³-hybridized carbons (Fsp3) is 0.647. The van der Waals surface area contributed by atoms with Gasteiger partial charge in [-0.2, -0.15) is 0 Å². The molecule has 0 aliphatic carbocycles. The highest BCUT2D eigenvalue weighted by molar-refractivity contribution is 5.27. The van der Waals surface area contributed by atoms with Gasteiger partial charge in [0.2, 0.25) is 0 Å². The highest BCUT2D eigenvalue weighted by Gasteiger charge is 2.10. The number of rotatable bonds is 10. The predicted octanol–water partition coefficient (Wildman–Crippen LogP) is 3.28. The van der Waals surface area contributed by atoms with Crippen molar-refractivity contribution < 1.29 is 9.47 Å². The van der Waals surface area contributed by atoms with Gasteiger partial charge >= 0.3 is 0 Å². The maximum Gasteiger partial charge on any atom is 0.134 e. The van der Waals surface area contributed by atoms with Crippen molar-refractivity contribution in [2.24, 2.45) is 5.92 Å². The molecule has 1 N–H and O–H groups in total. The van der Waals surface area contributed by atoms with E-state index in [9.17, 15) is 0 Å². The molecule has 0 saturated heterocycles. The largest absolute Gasteiger partial charge is 0.487 e. The molecular formula is C17H29NO2. The minimum atomic E-state index is 0.0516. The summed E-state index contributed by atoms with van der Waals surface area (Å²) in [7, 11) is 1.71. The molecule has 0 aliphatic rings. The lowest BCUT2D eigenvalue weighted by molar-refractivity contribution is 0.0802. The minimum Gasteiger partial charge on any atom is -0.487 e. The second-order valence-corrected chi connectivity index (χ2v) is 5.64. The fourth-order valence-electron chi connectivity index (χ4n) is 2.07. The zero-order chi connectivity index (χ0) is 14.8. The van der Waals surface area contributed by atoms with Gasteiger partial charge in [0, 0.05) is 13.7 Å². The summed E-state index contributed by atoms with van der Waals surface area (Å²) < 4.78 is 11.2. The van der Waals surface area contributed by atoms with Crippen molar-refractivity contribution in [1.29, 1.82) is 0 Å². The van der Waals surface area contributed by atoms with Crippen molar-refractivity contribution in [2.75, 3.05) is 26.8 Å². The van der Waals surface area contributed by atoms with Gasteiger partial charge in [-0.15, -0.1) is 0 Å². The van der Waals surface area contributed by atoms with Crippen molar-refractivity contribution in [1.82, 2.24) is 5.32 Å². The second kappa shape index (κ2) is 9.78. The maximum absolute atomic E-state index is 5.98. The van der Waals surface area contributed by atoms with E-state index in [1.54, 1.807) is 7.11 Å². The van der Waals surface area contributed by atoms with Crippen LogP contribution in [0.2, 0.25) is 0 Å². The van der Waals surface area contributed by atoms with Gasteiger partial charge in [-0.25, -0.2) is 0 Å². The maximum atomic E-state index is 5.98. The van der Waals surface area contributed by atoms with E-state index in [4.69, 9.17) is 9.47 Å². The molecule has 0 amide bonds. The molecule has 1 aromatic rings. The van der Waals surface area contributed by atoms with Crippen molar-refractivity contribution in [3.8, 4) is 5.75 Å². The van der Waals surface area contributed by atoms with Crippen LogP contribution in [0.25, 0.3) is 0 Å². The zero-order valence-corrected chi connectivity index (χ0v) is 13.3. The Balaban J connectivity index is 2.47. The van der Waals surface area contributed by atoms with Gasteiger partial charge < -0.3 is 14.8 Å². The summed E-state index contributed by atoms with van der Waals surface area (Å²) in [6.45, 7) is 9.00. The van der Waals surface area contributed by atoms with E-state index < -0.39 is 0 Å². The summed E-state index contributed by atoms with van der Waals surface area (Å²) in [5.74, 6) is 1.56. The van der Waals surface area contributed by atoms with Crippen LogP contribution in [0.5, 0.6) is 5.75 Å². The minimum absolute atomic E-state index is 0.0516. The summed E-state index contributed by atoms with van der Waals surface area (Å²) in [4.78, 5) is 0. The Labute approximate surface area is 123 Å². The lowest BCUT2D eigenvalue weighted by Crippen LogP contribution is -2.36. The molecule has 0 aliphatic heterocycles. The lowest BCUT2D eigenvalue weighted by Gasteiger charge is -2.20. The number of benzene rings is 1. The van der Waals surface area contributed by atoms with Gasteiger partial charge in [-0.3, -0.25) is 0 Å². The molecule has 0 saturated carbocycles.